The van der Waals surface area contributed by atoms with Crippen molar-refractivity contribution in [2.24, 2.45) is 0 Å². The van der Waals surface area contributed by atoms with Crippen molar-refractivity contribution in [3.8, 4) is 11.5 Å². The Hall–Kier alpha value is -1.91. The Bertz CT molecular complexity index is 853. The average Bonchev–Trinajstić information content (AvgIpc) is 2.79. The van der Waals surface area contributed by atoms with Crippen molar-refractivity contribution < 1.29 is 14.6 Å². The Morgan fingerprint density at radius 3 is 2.19 bits per heavy atom. The average molecular weight is 480 g/mol. The third kappa shape index (κ3) is 8.91. The van der Waals surface area contributed by atoms with Gasteiger partial charge in [0.05, 0.1) is 10.7 Å². The zero-order valence-corrected chi connectivity index (χ0v) is 20.7. The summed E-state index contributed by atoms with van der Waals surface area (Å²) in [5.41, 5.74) is 2.00. The zero-order chi connectivity index (χ0) is 23.3. The first kappa shape index (κ1) is 26.3. The van der Waals surface area contributed by atoms with Crippen molar-refractivity contribution in [1.82, 2.24) is 0 Å². The quantitative estimate of drug-likeness (QED) is 0.212. The predicted octanol–water partition coefficient (Wildman–Crippen LogP) is 8.10. The van der Waals surface area contributed by atoms with Crippen LogP contribution in [0.4, 0.5) is 5.69 Å². The van der Waals surface area contributed by atoms with E-state index in [1.54, 1.807) is 6.92 Å². The fourth-order valence-corrected chi connectivity index (χ4v) is 3.98. The molecule has 2 aromatic rings. The second kappa shape index (κ2) is 14.3. The molecular formula is C26H35Cl2NO3. The summed E-state index contributed by atoms with van der Waals surface area (Å²) in [6, 6.07) is 9.32. The van der Waals surface area contributed by atoms with E-state index in [4.69, 9.17) is 27.9 Å². The third-order valence-corrected chi connectivity index (χ3v) is 6.41. The number of hydrogen-bond donors (Lipinski definition) is 2. The molecule has 0 heterocycles. The van der Waals surface area contributed by atoms with E-state index in [0.29, 0.717) is 16.3 Å². The fourth-order valence-electron chi connectivity index (χ4n) is 3.53. The molecule has 0 bridgehead atoms. The van der Waals surface area contributed by atoms with Crippen LogP contribution in [0.15, 0.2) is 30.3 Å². The molecule has 0 fully saturated rings. The molecule has 1 amide bonds. The minimum atomic E-state index is -0.407. The number of hydrogen-bond acceptors (Lipinski definition) is 3. The first-order valence-electron chi connectivity index (χ1n) is 11.6. The number of phenols is 1. The van der Waals surface area contributed by atoms with Crippen LogP contribution in [0.25, 0.3) is 0 Å². The highest BCUT2D eigenvalue weighted by atomic mass is 35.5. The Morgan fingerprint density at radius 2 is 1.56 bits per heavy atom. The number of ether oxygens (including phenoxy) is 1. The SMILES string of the molecule is CCCCCCCCCCCc1ccc(OCC(=O)Nc2cc(Cl)c(C)c(Cl)c2O)cc1. The first-order valence-corrected chi connectivity index (χ1v) is 12.4. The van der Waals surface area contributed by atoms with E-state index in [-0.39, 0.29) is 23.1 Å². The number of aromatic hydroxyl groups is 1. The fraction of sp³-hybridized carbons (Fsp3) is 0.500. The minimum absolute atomic E-state index is 0.122. The van der Waals surface area contributed by atoms with Gasteiger partial charge in [0, 0.05) is 5.02 Å². The van der Waals surface area contributed by atoms with Crippen LogP contribution in [-0.4, -0.2) is 17.6 Å². The number of aryl methyl sites for hydroxylation is 1. The smallest absolute Gasteiger partial charge is 0.262 e. The molecule has 176 valence electrons. The highest BCUT2D eigenvalue weighted by molar-refractivity contribution is 6.37. The molecule has 0 saturated heterocycles. The number of carbonyl (C=O) groups excluding carboxylic acids is 1. The highest BCUT2D eigenvalue weighted by Crippen LogP contribution is 2.38. The summed E-state index contributed by atoms with van der Waals surface area (Å²) in [6.45, 7) is 3.76. The molecule has 0 aliphatic carbocycles. The normalized spacial score (nSPS) is 10.9. The van der Waals surface area contributed by atoms with Crippen LogP contribution in [-0.2, 0) is 11.2 Å². The van der Waals surface area contributed by atoms with Gasteiger partial charge in [-0.05, 0) is 49.1 Å². The summed E-state index contributed by atoms with van der Waals surface area (Å²) in [5, 5.41) is 13.1. The standard InChI is InChI=1S/C26H35Cl2NO3/c1-3-4-5-6-7-8-9-10-11-12-20-13-15-21(16-14-20)32-18-24(30)29-23-17-22(27)19(2)25(28)26(23)31/h13-17,31H,3-12,18H2,1-2H3,(H,29,30). The van der Waals surface area contributed by atoms with E-state index in [1.165, 1.54) is 69.4 Å². The molecule has 6 heteroatoms. The Balaban J connectivity index is 1.67. The maximum Gasteiger partial charge on any atom is 0.262 e. The Morgan fingerprint density at radius 1 is 0.969 bits per heavy atom. The summed E-state index contributed by atoms with van der Waals surface area (Å²) < 4.78 is 5.56. The van der Waals surface area contributed by atoms with Gasteiger partial charge in [-0.1, -0.05) is 93.6 Å². The number of nitrogens with one attached hydrogen (secondary N) is 1. The van der Waals surface area contributed by atoms with Crippen LogP contribution in [0.1, 0.15) is 75.8 Å². The van der Waals surface area contributed by atoms with Gasteiger partial charge in [-0.15, -0.1) is 0 Å². The van der Waals surface area contributed by atoms with Gasteiger partial charge < -0.3 is 15.2 Å². The van der Waals surface area contributed by atoms with Crippen LogP contribution in [0.2, 0.25) is 10.0 Å². The molecule has 0 spiro atoms. The lowest BCUT2D eigenvalue weighted by atomic mass is 10.0. The lowest BCUT2D eigenvalue weighted by Crippen LogP contribution is -2.20. The summed E-state index contributed by atoms with van der Waals surface area (Å²) in [4.78, 5) is 12.2. The van der Waals surface area contributed by atoms with E-state index >= 15 is 0 Å². The molecule has 0 atom stereocenters. The van der Waals surface area contributed by atoms with Gasteiger partial charge in [-0.3, -0.25) is 4.79 Å². The first-order chi connectivity index (χ1) is 15.4. The maximum atomic E-state index is 12.2. The molecule has 0 radical (unpaired) electrons. The van der Waals surface area contributed by atoms with E-state index in [2.05, 4.69) is 12.2 Å². The van der Waals surface area contributed by atoms with Crippen LogP contribution in [0.5, 0.6) is 11.5 Å². The number of halogens is 2. The summed E-state index contributed by atoms with van der Waals surface area (Å²) in [5.74, 6) is 0.0120. The molecule has 0 saturated carbocycles. The van der Waals surface area contributed by atoms with Gasteiger partial charge in [0.25, 0.3) is 5.91 Å². The van der Waals surface area contributed by atoms with E-state index < -0.39 is 5.91 Å². The highest BCUT2D eigenvalue weighted by Gasteiger charge is 2.15. The molecule has 2 N–H and O–H groups in total. The van der Waals surface area contributed by atoms with Crippen LogP contribution < -0.4 is 10.1 Å². The molecule has 0 unspecified atom stereocenters. The predicted molar refractivity (Wildman–Crippen MR) is 134 cm³/mol. The van der Waals surface area contributed by atoms with Crippen LogP contribution >= 0.6 is 23.2 Å². The molecule has 0 aromatic heterocycles. The molecular weight excluding hydrogens is 445 g/mol. The van der Waals surface area contributed by atoms with Crippen molar-refractivity contribution in [2.75, 3.05) is 11.9 Å². The van der Waals surface area contributed by atoms with Crippen LogP contribution in [0.3, 0.4) is 0 Å². The van der Waals surface area contributed by atoms with E-state index in [9.17, 15) is 9.90 Å². The van der Waals surface area contributed by atoms with Crippen molar-refractivity contribution in [3.63, 3.8) is 0 Å². The lowest BCUT2D eigenvalue weighted by molar-refractivity contribution is -0.118. The number of rotatable bonds is 14. The topological polar surface area (TPSA) is 58.6 Å². The molecule has 0 aliphatic heterocycles. The van der Waals surface area contributed by atoms with Gasteiger partial charge >= 0.3 is 0 Å². The second-order valence-corrected chi connectivity index (χ2v) is 9.04. The number of carbonyl (C=O) groups is 1. The van der Waals surface area contributed by atoms with Gasteiger partial charge in [-0.25, -0.2) is 0 Å². The maximum absolute atomic E-state index is 12.2. The molecule has 0 aliphatic rings. The third-order valence-electron chi connectivity index (χ3n) is 5.56. The number of anilines is 1. The Kier molecular flexibility index (Phi) is 11.8. The summed E-state index contributed by atoms with van der Waals surface area (Å²) in [6.07, 6.45) is 13.0. The van der Waals surface area contributed by atoms with E-state index in [1.807, 2.05) is 24.3 Å². The summed E-state index contributed by atoms with van der Waals surface area (Å²) in [7, 11) is 0. The minimum Gasteiger partial charge on any atom is -0.504 e. The zero-order valence-electron chi connectivity index (χ0n) is 19.2. The van der Waals surface area contributed by atoms with Crippen molar-refractivity contribution in [1.29, 1.82) is 0 Å². The summed E-state index contributed by atoms with van der Waals surface area (Å²) >= 11 is 12.1. The Labute approximate surface area is 202 Å². The number of amides is 1. The van der Waals surface area contributed by atoms with Crippen molar-refractivity contribution in [3.05, 3.63) is 51.5 Å². The van der Waals surface area contributed by atoms with Gasteiger partial charge in [0.1, 0.15) is 5.75 Å². The molecule has 32 heavy (non-hydrogen) atoms. The number of phenolic OH excluding ortho intramolecular Hbond substituents is 1. The second-order valence-electron chi connectivity index (χ2n) is 8.25. The van der Waals surface area contributed by atoms with Crippen LogP contribution in [0, 0.1) is 6.92 Å². The molecule has 2 rings (SSSR count). The van der Waals surface area contributed by atoms with Crippen molar-refractivity contribution >= 4 is 34.8 Å². The number of unbranched alkanes of at least 4 members (excludes halogenated alkanes) is 8. The lowest BCUT2D eigenvalue weighted by Gasteiger charge is -2.12. The monoisotopic (exact) mass is 479 g/mol. The van der Waals surface area contributed by atoms with Gasteiger partial charge in [0.15, 0.2) is 12.4 Å². The van der Waals surface area contributed by atoms with Gasteiger partial charge in [-0.2, -0.15) is 0 Å². The van der Waals surface area contributed by atoms with Crippen molar-refractivity contribution in [2.45, 2.75) is 78.1 Å². The largest absolute Gasteiger partial charge is 0.504 e. The number of benzene rings is 2. The van der Waals surface area contributed by atoms with E-state index in [0.717, 1.165) is 6.42 Å². The molecule has 2 aromatic carbocycles. The molecule has 4 nitrogen and oxygen atoms in total. The van der Waals surface area contributed by atoms with Gasteiger partial charge in [0.2, 0.25) is 0 Å².